The summed E-state index contributed by atoms with van der Waals surface area (Å²) < 4.78 is 1.90. The number of aromatic nitrogens is 2. The number of rotatable bonds is 5. The number of aryl methyl sites for hydroxylation is 1. The summed E-state index contributed by atoms with van der Waals surface area (Å²) >= 11 is 0. The number of likely N-dealkylation sites (tertiary alicyclic amines) is 1. The largest absolute Gasteiger partial charge is 0.371 e. The van der Waals surface area contributed by atoms with Crippen molar-refractivity contribution < 1.29 is 4.79 Å². The third-order valence-electron chi connectivity index (χ3n) is 6.27. The molecule has 1 amide bonds. The van der Waals surface area contributed by atoms with Crippen LogP contribution in [0.1, 0.15) is 44.9 Å². The van der Waals surface area contributed by atoms with Gasteiger partial charge in [-0.2, -0.15) is 5.10 Å². The molecule has 1 saturated heterocycles. The lowest BCUT2D eigenvalue weighted by atomic mass is 9.96. The molecule has 1 aromatic carbocycles. The Bertz CT molecular complexity index is 889. The summed E-state index contributed by atoms with van der Waals surface area (Å²) in [4.78, 5) is 17.5. The highest BCUT2D eigenvalue weighted by molar-refractivity contribution is 5.91. The monoisotopic (exact) mass is 409 g/mol. The second-order valence-electron chi connectivity index (χ2n) is 9.85. The van der Waals surface area contributed by atoms with Crippen LogP contribution < -0.4 is 10.2 Å². The molecule has 162 valence electrons. The van der Waals surface area contributed by atoms with E-state index in [4.69, 9.17) is 0 Å². The standard InChI is InChI=1S/C24H35N5O/c1-18-15-22(29(26-18)24(2,3)4)25-23(30)17-27-12-9-19(10-13-27)16-28-14-11-20-7-5-6-8-21(20)28/h5-8,15,19H,9-14,16-17H2,1-4H3,(H,25,30). The number of hydrogen-bond acceptors (Lipinski definition) is 4. The van der Waals surface area contributed by atoms with Crippen molar-refractivity contribution in [3.63, 3.8) is 0 Å². The number of nitrogens with one attached hydrogen (secondary N) is 1. The first-order chi connectivity index (χ1) is 14.3. The van der Waals surface area contributed by atoms with E-state index < -0.39 is 0 Å². The van der Waals surface area contributed by atoms with Crippen molar-refractivity contribution in [2.24, 2.45) is 5.92 Å². The van der Waals surface area contributed by atoms with Crippen molar-refractivity contribution in [1.29, 1.82) is 0 Å². The number of amides is 1. The zero-order valence-corrected chi connectivity index (χ0v) is 18.8. The van der Waals surface area contributed by atoms with Gasteiger partial charge in [-0.05, 0) is 77.6 Å². The maximum absolute atomic E-state index is 12.7. The lowest BCUT2D eigenvalue weighted by Crippen LogP contribution is -2.42. The fraction of sp³-hybridized carbons (Fsp3) is 0.583. The fourth-order valence-electron chi connectivity index (χ4n) is 4.72. The molecule has 4 rings (SSSR count). The molecule has 2 aliphatic rings. The van der Waals surface area contributed by atoms with Gasteiger partial charge < -0.3 is 10.2 Å². The van der Waals surface area contributed by atoms with Crippen LogP contribution in [-0.4, -0.2) is 53.3 Å². The molecule has 6 nitrogen and oxygen atoms in total. The maximum Gasteiger partial charge on any atom is 0.239 e. The minimum Gasteiger partial charge on any atom is -0.371 e. The van der Waals surface area contributed by atoms with Gasteiger partial charge in [-0.1, -0.05) is 18.2 Å². The van der Waals surface area contributed by atoms with E-state index in [-0.39, 0.29) is 11.4 Å². The number of fused-ring (bicyclic) bond motifs is 1. The lowest BCUT2D eigenvalue weighted by molar-refractivity contribution is -0.117. The fourth-order valence-corrected chi connectivity index (χ4v) is 4.72. The second-order valence-corrected chi connectivity index (χ2v) is 9.85. The Hall–Kier alpha value is -2.34. The number of nitrogens with zero attached hydrogens (tertiary/aromatic N) is 4. The zero-order chi connectivity index (χ0) is 21.3. The van der Waals surface area contributed by atoms with Crippen LogP contribution in [-0.2, 0) is 16.8 Å². The predicted molar refractivity (Wildman–Crippen MR) is 122 cm³/mol. The number of hydrogen-bond donors (Lipinski definition) is 1. The lowest BCUT2D eigenvalue weighted by Gasteiger charge is -2.34. The summed E-state index contributed by atoms with van der Waals surface area (Å²) in [6.07, 6.45) is 3.48. The number of piperidine rings is 1. The van der Waals surface area contributed by atoms with E-state index in [0.29, 0.717) is 12.5 Å². The molecule has 3 heterocycles. The Kier molecular flexibility index (Phi) is 5.87. The molecule has 0 radical (unpaired) electrons. The molecule has 0 aliphatic carbocycles. The number of para-hydroxylation sites is 1. The molecule has 1 aromatic heterocycles. The minimum atomic E-state index is -0.163. The molecular weight excluding hydrogens is 374 g/mol. The zero-order valence-electron chi connectivity index (χ0n) is 18.8. The highest BCUT2D eigenvalue weighted by Crippen LogP contribution is 2.30. The van der Waals surface area contributed by atoms with Crippen molar-refractivity contribution in [2.45, 2.75) is 52.5 Å². The molecule has 1 fully saturated rings. The first-order valence-electron chi connectivity index (χ1n) is 11.2. The van der Waals surface area contributed by atoms with Crippen molar-refractivity contribution >= 4 is 17.4 Å². The van der Waals surface area contributed by atoms with Crippen LogP contribution >= 0.6 is 0 Å². The van der Waals surface area contributed by atoms with E-state index in [0.717, 1.165) is 50.5 Å². The molecule has 0 spiro atoms. The van der Waals surface area contributed by atoms with Crippen LogP contribution in [0.2, 0.25) is 0 Å². The third kappa shape index (κ3) is 4.69. The molecule has 30 heavy (non-hydrogen) atoms. The van der Waals surface area contributed by atoms with Gasteiger partial charge in [0.2, 0.25) is 5.91 Å². The normalized spacial score (nSPS) is 17.9. The van der Waals surface area contributed by atoms with Gasteiger partial charge in [-0.15, -0.1) is 0 Å². The Labute approximate surface area is 180 Å². The molecular formula is C24H35N5O. The van der Waals surface area contributed by atoms with Gasteiger partial charge in [0.15, 0.2) is 0 Å². The quantitative estimate of drug-likeness (QED) is 0.819. The van der Waals surface area contributed by atoms with Crippen molar-refractivity contribution in [2.75, 3.05) is 42.9 Å². The summed E-state index contributed by atoms with van der Waals surface area (Å²) in [5.41, 5.74) is 3.66. The molecule has 0 bridgehead atoms. The molecule has 2 aliphatic heterocycles. The van der Waals surface area contributed by atoms with Gasteiger partial charge in [0.1, 0.15) is 5.82 Å². The van der Waals surface area contributed by atoms with Crippen LogP contribution in [0.15, 0.2) is 30.3 Å². The Morgan fingerprint density at radius 2 is 1.90 bits per heavy atom. The van der Waals surface area contributed by atoms with Crippen LogP contribution in [0.25, 0.3) is 0 Å². The van der Waals surface area contributed by atoms with E-state index in [1.807, 2.05) is 17.7 Å². The SMILES string of the molecule is Cc1cc(NC(=O)CN2CCC(CN3CCc4ccccc43)CC2)n(C(C)(C)C)n1. The highest BCUT2D eigenvalue weighted by Gasteiger charge is 2.26. The number of carbonyl (C=O) groups excluding carboxylic acids is 1. The molecule has 0 saturated carbocycles. The Morgan fingerprint density at radius 1 is 1.17 bits per heavy atom. The van der Waals surface area contributed by atoms with E-state index in [1.165, 1.54) is 17.7 Å². The maximum atomic E-state index is 12.7. The van der Waals surface area contributed by atoms with E-state index >= 15 is 0 Å². The summed E-state index contributed by atoms with van der Waals surface area (Å²) in [5.74, 6) is 1.54. The first kappa shape index (κ1) is 20.9. The van der Waals surface area contributed by atoms with Gasteiger partial charge in [-0.3, -0.25) is 9.69 Å². The van der Waals surface area contributed by atoms with Gasteiger partial charge in [0, 0.05) is 24.8 Å². The first-order valence-corrected chi connectivity index (χ1v) is 11.2. The smallest absolute Gasteiger partial charge is 0.239 e. The van der Waals surface area contributed by atoms with E-state index in [2.05, 4.69) is 65.3 Å². The third-order valence-corrected chi connectivity index (χ3v) is 6.27. The summed E-state index contributed by atoms with van der Waals surface area (Å²) in [7, 11) is 0. The van der Waals surface area contributed by atoms with Crippen LogP contribution in [0, 0.1) is 12.8 Å². The van der Waals surface area contributed by atoms with Crippen LogP contribution in [0.3, 0.4) is 0 Å². The van der Waals surface area contributed by atoms with Crippen molar-refractivity contribution in [1.82, 2.24) is 14.7 Å². The van der Waals surface area contributed by atoms with Crippen LogP contribution in [0.4, 0.5) is 11.5 Å². The topological polar surface area (TPSA) is 53.4 Å². The number of benzene rings is 1. The van der Waals surface area contributed by atoms with E-state index in [1.54, 1.807) is 0 Å². The minimum absolute atomic E-state index is 0.0484. The van der Waals surface area contributed by atoms with Crippen molar-refractivity contribution in [3.8, 4) is 0 Å². The van der Waals surface area contributed by atoms with Gasteiger partial charge in [-0.25, -0.2) is 4.68 Å². The Morgan fingerprint density at radius 3 is 2.63 bits per heavy atom. The summed E-state index contributed by atoms with van der Waals surface area (Å²) in [6, 6.07) is 10.7. The number of anilines is 2. The second kappa shape index (κ2) is 8.42. The van der Waals surface area contributed by atoms with Gasteiger partial charge >= 0.3 is 0 Å². The van der Waals surface area contributed by atoms with E-state index in [9.17, 15) is 4.79 Å². The summed E-state index contributed by atoms with van der Waals surface area (Å²) in [6.45, 7) is 13.0. The highest BCUT2D eigenvalue weighted by atomic mass is 16.2. The average molecular weight is 410 g/mol. The van der Waals surface area contributed by atoms with Gasteiger partial charge in [0.05, 0.1) is 17.8 Å². The molecule has 0 atom stereocenters. The molecule has 0 unspecified atom stereocenters. The van der Waals surface area contributed by atoms with Gasteiger partial charge in [0.25, 0.3) is 0 Å². The predicted octanol–water partition coefficient (Wildman–Crippen LogP) is 3.66. The van der Waals surface area contributed by atoms with Crippen LogP contribution in [0.5, 0.6) is 0 Å². The molecule has 6 heteroatoms. The number of carbonyl (C=O) groups is 1. The molecule has 2 aromatic rings. The molecule has 1 N–H and O–H groups in total. The average Bonchev–Trinajstić information content (AvgIpc) is 3.26. The Balaban J connectivity index is 1.26. The summed E-state index contributed by atoms with van der Waals surface area (Å²) in [5, 5.41) is 7.62. The van der Waals surface area contributed by atoms with Crippen molar-refractivity contribution in [3.05, 3.63) is 41.6 Å².